The number of aromatic nitrogens is 3. The molecule has 6 rings (SSSR count). The van der Waals surface area contributed by atoms with Crippen LogP contribution in [0, 0.1) is 55.6 Å². The molecule has 1 radical (unpaired) electrons. The first-order valence-electron chi connectivity index (χ1n) is 13.8. The Bertz CT molecular complexity index is 1460. The summed E-state index contributed by atoms with van der Waals surface area (Å²) in [7, 11) is 0. The van der Waals surface area contributed by atoms with Gasteiger partial charge in [-0.15, -0.1) is 0 Å². The van der Waals surface area contributed by atoms with Gasteiger partial charge in [0.1, 0.15) is 0 Å². The summed E-state index contributed by atoms with van der Waals surface area (Å²) in [5.74, 6) is 0. The molecule has 9 nitrogen and oxygen atoms in total. The molecule has 0 amide bonds. The van der Waals surface area contributed by atoms with Crippen LogP contribution in [0.25, 0.3) is 0 Å². The number of hydrogen-bond donors (Lipinski definition) is 0. The number of hydrogen-bond acceptors (Lipinski definition) is 9. The average Bonchev–Trinajstić information content (AvgIpc) is 3.13. The van der Waals surface area contributed by atoms with E-state index in [1.807, 2.05) is 109 Å². The Balaban J connectivity index is 0.000000240. The van der Waals surface area contributed by atoms with Crippen LogP contribution >= 0.6 is 0 Å². The number of pyridine rings is 3. The largest absolute Gasteiger partial charge is 3.00 e. The molecule has 0 aliphatic heterocycles. The molecule has 47 heavy (non-hydrogen) atoms. The van der Waals surface area contributed by atoms with Crippen molar-refractivity contribution in [2.24, 2.45) is 15.5 Å². The second-order valence-corrected chi connectivity index (χ2v) is 9.06. The van der Waals surface area contributed by atoms with E-state index in [9.17, 15) is 15.6 Å². The van der Waals surface area contributed by atoms with E-state index < -0.39 is 0 Å². The van der Waals surface area contributed by atoms with Crippen molar-refractivity contribution in [1.29, 1.82) is 0 Å². The van der Waals surface area contributed by atoms with Gasteiger partial charge in [0, 0.05) is 35.3 Å². The summed E-state index contributed by atoms with van der Waals surface area (Å²) in [5, 5.41) is 41.4. The Hall–Kier alpha value is -4.87. The Morgan fingerprint density at radius 3 is 0.787 bits per heavy atom. The Morgan fingerprint density at radius 1 is 0.362 bits per heavy atom. The summed E-state index contributed by atoms with van der Waals surface area (Å²) in [6, 6.07) is 44.1. The summed E-state index contributed by atoms with van der Waals surface area (Å²) < 4.78 is 0. The molecule has 0 atom stereocenters. The number of halogens is 1. The molecule has 235 valence electrons. The van der Waals surface area contributed by atoms with Crippen molar-refractivity contribution in [2.75, 3.05) is 0 Å². The van der Waals surface area contributed by atoms with Crippen LogP contribution in [0.15, 0.2) is 180 Å². The third-order valence-corrected chi connectivity index (χ3v) is 6.14. The van der Waals surface area contributed by atoms with E-state index in [1.165, 1.54) is 0 Å². The van der Waals surface area contributed by atoms with Crippen molar-refractivity contribution in [3.05, 3.63) is 214 Å². The monoisotopic (exact) mass is 784 g/mol. The van der Waals surface area contributed by atoms with Gasteiger partial charge < -0.3 is 43.5 Å². The third kappa shape index (κ3) is 11.8. The normalized spacial score (nSPS) is 10.9. The molecule has 0 saturated heterocycles. The number of benzene rings is 3. The van der Waals surface area contributed by atoms with Crippen LogP contribution < -0.4 is 12.4 Å². The fourth-order valence-electron chi connectivity index (χ4n) is 4.04. The Labute approximate surface area is 311 Å². The van der Waals surface area contributed by atoms with E-state index in [1.54, 1.807) is 55.0 Å². The number of nitrogens with zero attached hydrogens (tertiary/aromatic N) is 6. The zero-order valence-corrected chi connectivity index (χ0v) is 27.8. The van der Waals surface area contributed by atoms with Gasteiger partial charge in [0.2, 0.25) is 0 Å². The van der Waals surface area contributed by atoms with Gasteiger partial charge >= 0.3 is 39.9 Å². The van der Waals surface area contributed by atoms with Crippen LogP contribution in [0.4, 0.5) is 0 Å². The smallest absolute Gasteiger partial charge is 1.00 e. The predicted octanol–water partition coefficient (Wildman–Crippen LogP) is 4.25. The first-order chi connectivity index (χ1) is 22.2. The second kappa shape index (κ2) is 21.8. The molecule has 0 spiro atoms. The minimum Gasteiger partial charge on any atom is -1.00 e. The minimum atomic E-state index is 0. The summed E-state index contributed by atoms with van der Waals surface area (Å²) in [4.78, 5) is 12.3. The second-order valence-electron chi connectivity index (χ2n) is 9.06. The van der Waals surface area contributed by atoms with Crippen LogP contribution in [-0.2, 0) is 0 Å². The molecule has 3 aromatic heterocycles. The van der Waals surface area contributed by atoms with E-state index in [2.05, 4.69) is 30.4 Å². The van der Waals surface area contributed by atoms with Gasteiger partial charge in [-0.1, -0.05) is 109 Å². The molecule has 0 fully saturated rings. The SMILES string of the molecule is [Cl-].[Gd+3].[O-]/N=C(\c1ccccc1)c1ccccn1.[O-]/N=C(\c1ccccc1)c1ccccn1.[O-]/N=C(\c1ccccc1)c1ccccn1. The minimum absolute atomic E-state index is 0. The van der Waals surface area contributed by atoms with Crippen molar-refractivity contribution < 1.29 is 52.3 Å². The van der Waals surface area contributed by atoms with Gasteiger partial charge in [-0.3, -0.25) is 15.0 Å². The van der Waals surface area contributed by atoms with Gasteiger partial charge in [-0.05, 0) is 36.4 Å². The first kappa shape index (κ1) is 38.3. The molecular formula is C36H27ClGdN6O3-. The summed E-state index contributed by atoms with van der Waals surface area (Å²) in [6.45, 7) is 0. The van der Waals surface area contributed by atoms with Crippen molar-refractivity contribution in [3.63, 3.8) is 0 Å². The Kier molecular flexibility index (Phi) is 17.8. The molecule has 0 saturated carbocycles. The van der Waals surface area contributed by atoms with Crippen molar-refractivity contribution >= 4 is 17.1 Å². The van der Waals surface area contributed by atoms with E-state index in [-0.39, 0.29) is 52.3 Å². The molecule has 0 bridgehead atoms. The van der Waals surface area contributed by atoms with Crippen molar-refractivity contribution in [2.45, 2.75) is 0 Å². The van der Waals surface area contributed by atoms with Gasteiger partial charge in [0.15, 0.2) is 0 Å². The van der Waals surface area contributed by atoms with E-state index in [0.717, 1.165) is 16.7 Å². The van der Waals surface area contributed by atoms with Gasteiger partial charge in [0.05, 0.1) is 34.2 Å². The quantitative estimate of drug-likeness (QED) is 0.183. The van der Waals surface area contributed by atoms with E-state index in [4.69, 9.17) is 0 Å². The molecule has 3 aromatic carbocycles. The fraction of sp³-hybridized carbons (Fsp3) is 0. The zero-order valence-electron chi connectivity index (χ0n) is 24.7. The molecule has 0 aliphatic rings. The van der Waals surface area contributed by atoms with Gasteiger partial charge in [0.25, 0.3) is 0 Å². The van der Waals surface area contributed by atoms with Crippen molar-refractivity contribution in [1.82, 2.24) is 15.0 Å². The van der Waals surface area contributed by atoms with E-state index in [0.29, 0.717) is 34.2 Å². The summed E-state index contributed by atoms with van der Waals surface area (Å²) in [5.41, 5.74) is 5.25. The predicted molar refractivity (Wildman–Crippen MR) is 179 cm³/mol. The maximum absolute atomic E-state index is 10.8. The van der Waals surface area contributed by atoms with Crippen LogP contribution in [0.3, 0.4) is 0 Å². The fourth-order valence-corrected chi connectivity index (χ4v) is 4.04. The van der Waals surface area contributed by atoms with Crippen molar-refractivity contribution in [3.8, 4) is 0 Å². The maximum Gasteiger partial charge on any atom is 3.00 e. The third-order valence-electron chi connectivity index (χ3n) is 6.14. The average molecular weight is 784 g/mol. The standard InChI is InChI=1S/3C12H10N2O.ClH.Gd/c3*15-14-12(10-6-2-1-3-7-10)11-8-4-5-9-13-11;;/h3*1-9,15H;1H;/q;;;;+3/p-4/b3*14-12+;;. The van der Waals surface area contributed by atoms with E-state index >= 15 is 0 Å². The van der Waals surface area contributed by atoms with Gasteiger partial charge in [-0.25, -0.2) is 0 Å². The molecule has 11 heteroatoms. The topological polar surface area (TPSA) is 145 Å². The van der Waals surface area contributed by atoms with Crippen LogP contribution in [-0.4, -0.2) is 32.1 Å². The summed E-state index contributed by atoms with van der Waals surface area (Å²) >= 11 is 0. The first-order valence-corrected chi connectivity index (χ1v) is 13.8. The zero-order chi connectivity index (χ0) is 31.5. The molecule has 0 unspecified atom stereocenters. The molecule has 6 aromatic rings. The Morgan fingerprint density at radius 2 is 0.596 bits per heavy atom. The number of rotatable bonds is 6. The van der Waals surface area contributed by atoms with Crippen LogP contribution in [0.2, 0.25) is 0 Å². The van der Waals surface area contributed by atoms with Crippen LogP contribution in [0.1, 0.15) is 33.8 Å². The molecule has 0 aliphatic carbocycles. The maximum atomic E-state index is 10.8. The molecular weight excluding hydrogens is 757 g/mol. The molecule has 0 N–H and O–H groups in total. The summed E-state index contributed by atoms with van der Waals surface area (Å²) in [6.07, 6.45) is 4.93. The van der Waals surface area contributed by atoms with Crippen LogP contribution in [0.5, 0.6) is 0 Å². The molecule has 3 heterocycles. The van der Waals surface area contributed by atoms with Gasteiger partial charge in [-0.2, -0.15) is 0 Å².